The molecule has 2 nitrogen and oxygen atoms in total. The molecule has 0 spiro atoms. The van der Waals surface area contributed by atoms with Crippen molar-refractivity contribution in [1.29, 1.82) is 0 Å². The van der Waals surface area contributed by atoms with Crippen molar-refractivity contribution >= 4 is 18.3 Å². The Bertz CT molecular complexity index is 612. The van der Waals surface area contributed by atoms with E-state index in [0.717, 1.165) is 6.07 Å². The van der Waals surface area contributed by atoms with E-state index in [1.54, 1.807) is 18.2 Å². The minimum atomic E-state index is -4.55. The van der Waals surface area contributed by atoms with Crippen molar-refractivity contribution in [1.82, 2.24) is 0 Å². The molecule has 0 heterocycles. The van der Waals surface area contributed by atoms with E-state index in [-0.39, 0.29) is 23.5 Å². The topological polar surface area (TPSA) is 43.1 Å². The van der Waals surface area contributed by atoms with Gasteiger partial charge in [-0.2, -0.15) is 13.2 Å². The van der Waals surface area contributed by atoms with Gasteiger partial charge in [-0.1, -0.05) is 36.4 Å². The van der Waals surface area contributed by atoms with Crippen LogP contribution in [0.2, 0.25) is 0 Å². The van der Waals surface area contributed by atoms with E-state index in [1.807, 2.05) is 0 Å². The molecule has 0 saturated heterocycles. The average Bonchev–Trinajstić information content (AvgIpc) is 2.37. The molecule has 20 heavy (non-hydrogen) atoms. The van der Waals surface area contributed by atoms with Gasteiger partial charge >= 0.3 is 6.18 Å². The molecule has 0 aliphatic heterocycles. The summed E-state index contributed by atoms with van der Waals surface area (Å²) in [5, 5.41) is 0. The lowest BCUT2D eigenvalue weighted by Crippen LogP contribution is -2.16. The van der Waals surface area contributed by atoms with Crippen LogP contribution in [0.1, 0.15) is 15.9 Å². The lowest BCUT2D eigenvalue weighted by Gasteiger charge is -2.15. The Morgan fingerprint density at radius 3 is 2.05 bits per heavy atom. The Kier molecular flexibility index (Phi) is 4.78. The molecule has 0 radical (unpaired) electrons. The molecule has 0 saturated carbocycles. The normalized spacial score (nSPS) is 10.8. The maximum Gasteiger partial charge on any atom is 0.417 e. The summed E-state index contributed by atoms with van der Waals surface area (Å²) in [5.41, 5.74) is 4.29. The second-order valence-corrected chi connectivity index (χ2v) is 3.96. The van der Waals surface area contributed by atoms with Gasteiger partial charge in [0.15, 0.2) is 0 Å². The maximum absolute atomic E-state index is 13.0. The lowest BCUT2D eigenvalue weighted by molar-refractivity contribution is -0.137. The van der Waals surface area contributed by atoms with Gasteiger partial charge in [-0.3, -0.25) is 4.79 Å². The fourth-order valence-electron chi connectivity index (χ4n) is 1.91. The summed E-state index contributed by atoms with van der Waals surface area (Å²) in [6.07, 6.45) is -4.55. The molecule has 2 N–H and O–H groups in total. The third kappa shape index (κ3) is 3.11. The number of rotatable bonds is 2. The summed E-state index contributed by atoms with van der Waals surface area (Å²) in [6, 6.07) is 11.3. The number of hydrogen-bond donors (Lipinski definition) is 1. The quantitative estimate of drug-likeness (QED) is 0.898. The number of hydrogen-bond acceptors (Lipinski definition) is 1. The first kappa shape index (κ1) is 16.0. The van der Waals surface area contributed by atoms with Crippen molar-refractivity contribution in [2.45, 2.75) is 6.18 Å². The first-order valence-corrected chi connectivity index (χ1v) is 5.46. The Labute approximate surface area is 119 Å². The highest BCUT2D eigenvalue weighted by Crippen LogP contribution is 2.38. The van der Waals surface area contributed by atoms with Crippen molar-refractivity contribution in [2.75, 3.05) is 0 Å². The predicted molar refractivity (Wildman–Crippen MR) is 72.6 cm³/mol. The minimum absolute atomic E-state index is 0. The summed E-state index contributed by atoms with van der Waals surface area (Å²) >= 11 is 0. The molecule has 106 valence electrons. The van der Waals surface area contributed by atoms with Crippen LogP contribution in [0.15, 0.2) is 48.5 Å². The smallest absolute Gasteiger partial charge is 0.366 e. The first-order valence-electron chi connectivity index (χ1n) is 5.46. The summed E-state index contributed by atoms with van der Waals surface area (Å²) in [6.45, 7) is 0. The van der Waals surface area contributed by atoms with Crippen LogP contribution in [-0.4, -0.2) is 5.91 Å². The van der Waals surface area contributed by atoms with Gasteiger partial charge in [-0.15, -0.1) is 12.4 Å². The molecule has 2 aromatic rings. The molecule has 0 aliphatic rings. The summed E-state index contributed by atoms with van der Waals surface area (Å²) in [4.78, 5) is 11.3. The summed E-state index contributed by atoms with van der Waals surface area (Å²) < 4.78 is 39.1. The van der Waals surface area contributed by atoms with Gasteiger partial charge in [0.1, 0.15) is 0 Å². The van der Waals surface area contributed by atoms with Crippen molar-refractivity contribution in [3.05, 3.63) is 59.7 Å². The molecular formula is C14H11ClF3NO. The molecule has 0 atom stereocenters. The van der Waals surface area contributed by atoms with Gasteiger partial charge in [-0.05, 0) is 17.7 Å². The highest BCUT2D eigenvalue weighted by molar-refractivity contribution is 6.00. The number of nitrogens with two attached hydrogens (primary N) is 1. The van der Waals surface area contributed by atoms with E-state index in [2.05, 4.69) is 0 Å². The number of halogens is 4. The van der Waals surface area contributed by atoms with E-state index in [1.165, 1.54) is 24.3 Å². The van der Waals surface area contributed by atoms with Crippen LogP contribution in [0.3, 0.4) is 0 Å². The number of amides is 1. The molecule has 0 aliphatic carbocycles. The van der Waals surface area contributed by atoms with Crippen molar-refractivity contribution in [3.63, 3.8) is 0 Å². The van der Waals surface area contributed by atoms with Crippen LogP contribution in [0.25, 0.3) is 11.1 Å². The highest BCUT2D eigenvalue weighted by Gasteiger charge is 2.35. The molecule has 0 unspecified atom stereocenters. The van der Waals surface area contributed by atoms with Crippen LogP contribution in [0, 0.1) is 0 Å². The maximum atomic E-state index is 13.0. The standard InChI is InChI=1S/C14H10F3NO.ClH/c15-14(16,17)11-8-4-7-10(13(18)19)12(11)9-5-2-1-3-6-9;/h1-8H,(H2,18,19);1H. The molecular weight excluding hydrogens is 291 g/mol. The Hall–Kier alpha value is -2.01. The van der Waals surface area contributed by atoms with Gasteiger partial charge in [0.05, 0.1) is 5.56 Å². The van der Waals surface area contributed by atoms with Crippen LogP contribution in [-0.2, 0) is 6.18 Å². The van der Waals surface area contributed by atoms with Gasteiger partial charge in [0.2, 0.25) is 5.91 Å². The zero-order chi connectivity index (χ0) is 14.0. The van der Waals surface area contributed by atoms with E-state index in [9.17, 15) is 18.0 Å². The predicted octanol–water partition coefficient (Wildman–Crippen LogP) is 3.89. The second-order valence-electron chi connectivity index (χ2n) is 3.96. The number of carbonyl (C=O) groups is 1. The lowest BCUT2D eigenvalue weighted by atomic mass is 9.93. The fraction of sp³-hybridized carbons (Fsp3) is 0.0714. The first-order chi connectivity index (χ1) is 8.91. The largest absolute Gasteiger partial charge is 0.417 e. The number of alkyl halides is 3. The zero-order valence-electron chi connectivity index (χ0n) is 10.1. The SMILES string of the molecule is Cl.NC(=O)c1cccc(C(F)(F)F)c1-c1ccccc1. The van der Waals surface area contributed by atoms with Crippen molar-refractivity contribution < 1.29 is 18.0 Å². The minimum Gasteiger partial charge on any atom is -0.366 e. The molecule has 0 fully saturated rings. The van der Waals surface area contributed by atoms with E-state index in [0.29, 0.717) is 5.56 Å². The van der Waals surface area contributed by atoms with E-state index >= 15 is 0 Å². The monoisotopic (exact) mass is 301 g/mol. The van der Waals surface area contributed by atoms with Gasteiger partial charge in [-0.25, -0.2) is 0 Å². The van der Waals surface area contributed by atoms with Crippen LogP contribution in [0.5, 0.6) is 0 Å². The average molecular weight is 302 g/mol. The molecule has 2 rings (SSSR count). The summed E-state index contributed by atoms with van der Waals surface area (Å²) in [7, 11) is 0. The van der Waals surface area contributed by atoms with Gasteiger partial charge < -0.3 is 5.73 Å². The van der Waals surface area contributed by atoms with E-state index < -0.39 is 17.6 Å². The third-order valence-corrected chi connectivity index (χ3v) is 2.70. The highest BCUT2D eigenvalue weighted by atomic mass is 35.5. The Morgan fingerprint density at radius 2 is 1.55 bits per heavy atom. The van der Waals surface area contributed by atoms with Gasteiger partial charge in [0, 0.05) is 11.1 Å². The molecule has 1 amide bonds. The number of benzene rings is 2. The molecule has 0 bridgehead atoms. The number of primary amides is 1. The Balaban J connectivity index is 0.00000200. The molecule has 6 heteroatoms. The molecule has 2 aromatic carbocycles. The number of carbonyl (C=O) groups excluding carboxylic acids is 1. The molecule has 0 aromatic heterocycles. The summed E-state index contributed by atoms with van der Waals surface area (Å²) in [5.74, 6) is -0.884. The second kappa shape index (κ2) is 5.96. The van der Waals surface area contributed by atoms with Crippen LogP contribution >= 0.6 is 12.4 Å². The fourth-order valence-corrected chi connectivity index (χ4v) is 1.91. The van der Waals surface area contributed by atoms with Crippen LogP contribution in [0.4, 0.5) is 13.2 Å². The Morgan fingerprint density at radius 1 is 0.950 bits per heavy atom. The van der Waals surface area contributed by atoms with Crippen molar-refractivity contribution in [3.8, 4) is 11.1 Å². The third-order valence-electron chi connectivity index (χ3n) is 2.70. The van der Waals surface area contributed by atoms with Gasteiger partial charge in [0.25, 0.3) is 0 Å². The zero-order valence-corrected chi connectivity index (χ0v) is 11.0. The van der Waals surface area contributed by atoms with Crippen LogP contribution < -0.4 is 5.73 Å². The van der Waals surface area contributed by atoms with Crippen molar-refractivity contribution in [2.24, 2.45) is 5.73 Å². The van der Waals surface area contributed by atoms with E-state index in [4.69, 9.17) is 5.73 Å².